The summed E-state index contributed by atoms with van der Waals surface area (Å²) >= 11 is -2.58. The van der Waals surface area contributed by atoms with Gasteiger partial charge in [-0.15, -0.1) is 0 Å². The highest BCUT2D eigenvalue weighted by Gasteiger charge is 2.58. The molecule has 2 N–H and O–H groups in total. The summed E-state index contributed by atoms with van der Waals surface area (Å²) in [4.78, 5) is 2.79. The average molecular weight is 373 g/mol. The lowest BCUT2D eigenvalue weighted by Crippen LogP contribution is -2.24. The zero-order valence-corrected chi connectivity index (χ0v) is 13.8. The van der Waals surface area contributed by atoms with Crippen LogP contribution in [-0.2, 0) is 16.8 Å². The van der Waals surface area contributed by atoms with Crippen LogP contribution in [-0.4, -0.2) is 19.8 Å². The molecule has 0 saturated heterocycles. The summed E-state index contributed by atoms with van der Waals surface area (Å²) in [5, 5.41) is 9.86. The number of hydrogen-bond acceptors (Lipinski definition) is 4. The Kier molecular flexibility index (Phi) is 4.56. The monoisotopic (exact) mass is 373 g/mol. The number of alkyl halides is 3. The Morgan fingerprint density at radius 1 is 1.36 bits per heavy atom. The lowest BCUT2D eigenvalue weighted by Gasteiger charge is -2.17. The van der Waals surface area contributed by atoms with Crippen LogP contribution in [0.25, 0.3) is 0 Å². The van der Waals surface area contributed by atoms with Gasteiger partial charge in [0.25, 0.3) is 0 Å². The van der Waals surface area contributed by atoms with Gasteiger partial charge in [-0.3, -0.25) is 4.21 Å². The minimum absolute atomic E-state index is 0.0844. The van der Waals surface area contributed by atoms with Crippen molar-refractivity contribution >= 4 is 11.1 Å². The van der Waals surface area contributed by atoms with Crippen LogP contribution in [0.4, 0.5) is 13.2 Å². The Morgan fingerprint density at radius 2 is 2.08 bits per heavy atom. The van der Waals surface area contributed by atoms with Gasteiger partial charge in [-0.2, -0.15) is 8.78 Å². The predicted molar refractivity (Wildman–Crippen MR) is 80.6 cm³/mol. The standard InChI is InChI=1S/C16H14F3NO4S/c1-8-4-10(6-20-5-8)24-11-3-2-9(7-25(22)23)12-13(11)14(17)16(18,19)15(12)21/h2-6,14-15,21H,7H2,1H3,(H,22,23). The van der Waals surface area contributed by atoms with E-state index in [-0.39, 0.29) is 17.1 Å². The number of aromatic amines is 1. The summed E-state index contributed by atoms with van der Waals surface area (Å²) in [5.41, 5.74) is -0.244. The Morgan fingerprint density at radius 3 is 2.72 bits per heavy atom. The number of rotatable bonds is 4. The van der Waals surface area contributed by atoms with Crippen LogP contribution < -0.4 is 9.72 Å². The molecule has 0 fully saturated rings. The van der Waals surface area contributed by atoms with E-state index in [9.17, 15) is 27.0 Å². The van der Waals surface area contributed by atoms with E-state index in [1.807, 2.05) is 0 Å². The van der Waals surface area contributed by atoms with E-state index in [4.69, 9.17) is 4.74 Å². The molecule has 0 aliphatic heterocycles. The molecule has 0 bridgehead atoms. The topological polar surface area (TPSA) is 83.7 Å². The Bertz CT molecular complexity index is 846. The molecule has 3 unspecified atom stereocenters. The summed E-state index contributed by atoms with van der Waals surface area (Å²) in [6.45, 7) is 1.77. The molecule has 1 heterocycles. The number of aryl methyl sites for hydroxylation is 1. The third kappa shape index (κ3) is 3.14. The van der Waals surface area contributed by atoms with Crippen LogP contribution in [0.1, 0.15) is 34.5 Å². The van der Waals surface area contributed by atoms with Crippen molar-refractivity contribution in [3.63, 3.8) is 0 Å². The summed E-state index contributed by atoms with van der Waals surface area (Å²) in [6.07, 6.45) is -2.11. The lowest BCUT2D eigenvalue weighted by atomic mass is 10.0. The van der Waals surface area contributed by atoms with Crippen LogP contribution >= 0.6 is 0 Å². The van der Waals surface area contributed by atoms with Crippen molar-refractivity contribution in [1.82, 2.24) is 0 Å². The highest BCUT2D eigenvalue weighted by atomic mass is 32.2. The summed E-state index contributed by atoms with van der Waals surface area (Å²) in [5.74, 6) is -4.61. The number of hydrogen-bond donors (Lipinski definition) is 1. The van der Waals surface area contributed by atoms with E-state index in [2.05, 4.69) is 4.98 Å². The minimum Gasteiger partial charge on any atom is -0.772 e. The van der Waals surface area contributed by atoms with Gasteiger partial charge in [0.2, 0.25) is 6.20 Å². The number of ether oxygens (including phenoxy) is 1. The van der Waals surface area contributed by atoms with E-state index in [0.29, 0.717) is 0 Å². The number of aromatic nitrogens is 1. The molecule has 3 rings (SSSR count). The number of fused-ring (bicyclic) bond motifs is 1. The van der Waals surface area contributed by atoms with E-state index in [1.54, 1.807) is 19.2 Å². The van der Waals surface area contributed by atoms with Crippen LogP contribution in [0.15, 0.2) is 30.6 Å². The maximum absolute atomic E-state index is 14.4. The molecule has 0 amide bonds. The largest absolute Gasteiger partial charge is 0.772 e. The molecule has 0 spiro atoms. The van der Waals surface area contributed by atoms with E-state index >= 15 is 0 Å². The number of nitrogens with one attached hydrogen (secondary N) is 1. The number of H-pyrrole nitrogens is 1. The van der Waals surface area contributed by atoms with Crippen LogP contribution in [0, 0.1) is 6.92 Å². The molecule has 0 saturated carbocycles. The Labute approximate surface area is 143 Å². The van der Waals surface area contributed by atoms with Crippen LogP contribution in [0.2, 0.25) is 0 Å². The number of halogens is 3. The molecular formula is C16H14F3NO4S. The zero-order chi connectivity index (χ0) is 18.4. The summed E-state index contributed by atoms with van der Waals surface area (Å²) in [7, 11) is 0. The van der Waals surface area contributed by atoms with E-state index in [0.717, 1.165) is 5.56 Å². The summed E-state index contributed by atoms with van der Waals surface area (Å²) in [6, 6.07) is 4.07. The summed E-state index contributed by atoms with van der Waals surface area (Å²) < 4.78 is 69.7. The fourth-order valence-corrected chi connectivity index (χ4v) is 3.37. The minimum atomic E-state index is -4.07. The van der Waals surface area contributed by atoms with Crippen molar-refractivity contribution in [2.45, 2.75) is 30.9 Å². The van der Waals surface area contributed by atoms with Gasteiger partial charge in [0.15, 0.2) is 18.1 Å². The molecule has 1 aliphatic carbocycles. The molecule has 25 heavy (non-hydrogen) atoms. The molecule has 1 aliphatic rings. The van der Waals surface area contributed by atoms with Gasteiger partial charge in [0, 0.05) is 22.4 Å². The van der Waals surface area contributed by atoms with Crippen LogP contribution in [0.3, 0.4) is 0 Å². The van der Waals surface area contributed by atoms with Crippen molar-refractivity contribution in [1.29, 1.82) is 0 Å². The van der Waals surface area contributed by atoms with E-state index < -0.39 is 46.2 Å². The van der Waals surface area contributed by atoms with Gasteiger partial charge in [-0.25, -0.2) is 9.37 Å². The van der Waals surface area contributed by atoms with Crippen molar-refractivity contribution in [2.24, 2.45) is 0 Å². The van der Waals surface area contributed by atoms with Crippen molar-refractivity contribution in [3.8, 4) is 11.5 Å². The second-order valence-electron chi connectivity index (χ2n) is 5.79. The van der Waals surface area contributed by atoms with Crippen molar-refractivity contribution in [2.75, 3.05) is 0 Å². The maximum Gasteiger partial charge on any atom is 0.312 e. The highest BCUT2D eigenvalue weighted by Crippen LogP contribution is 2.56. The first-order valence-corrected chi connectivity index (χ1v) is 8.53. The number of pyridine rings is 1. The molecule has 1 aromatic carbocycles. The number of benzene rings is 1. The van der Waals surface area contributed by atoms with Gasteiger partial charge >= 0.3 is 5.92 Å². The second kappa shape index (κ2) is 6.40. The van der Waals surface area contributed by atoms with E-state index in [1.165, 1.54) is 18.3 Å². The predicted octanol–water partition coefficient (Wildman–Crippen LogP) is 2.67. The average Bonchev–Trinajstić information content (AvgIpc) is 2.71. The first-order chi connectivity index (χ1) is 11.7. The second-order valence-corrected chi connectivity index (χ2v) is 6.68. The van der Waals surface area contributed by atoms with Gasteiger partial charge < -0.3 is 14.4 Å². The molecule has 134 valence electrons. The van der Waals surface area contributed by atoms with Gasteiger partial charge in [0.1, 0.15) is 11.9 Å². The highest BCUT2D eigenvalue weighted by molar-refractivity contribution is 7.78. The Balaban J connectivity index is 2.12. The molecule has 9 heteroatoms. The van der Waals surface area contributed by atoms with Crippen molar-refractivity contribution < 1.29 is 36.8 Å². The molecule has 2 aromatic rings. The normalized spacial score (nSPS) is 22.5. The molecule has 3 atom stereocenters. The maximum atomic E-state index is 14.4. The Hall–Kier alpha value is -1.97. The molecular weight excluding hydrogens is 359 g/mol. The number of aliphatic hydroxyl groups is 1. The van der Waals surface area contributed by atoms with Crippen LogP contribution in [0.5, 0.6) is 11.5 Å². The molecule has 1 aromatic heterocycles. The lowest BCUT2D eigenvalue weighted by molar-refractivity contribution is -0.379. The first-order valence-electron chi connectivity index (χ1n) is 7.29. The molecule has 0 radical (unpaired) electrons. The quantitative estimate of drug-likeness (QED) is 0.836. The van der Waals surface area contributed by atoms with Crippen molar-refractivity contribution in [3.05, 3.63) is 52.8 Å². The first kappa shape index (κ1) is 17.8. The smallest absolute Gasteiger partial charge is 0.312 e. The van der Waals surface area contributed by atoms with Gasteiger partial charge in [-0.05, 0) is 24.6 Å². The van der Waals surface area contributed by atoms with Gasteiger partial charge in [0.05, 0.1) is 0 Å². The molecule has 5 nitrogen and oxygen atoms in total. The van der Waals surface area contributed by atoms with Gasteiger partial charge in [-0.1, -0.05) is 17.1 Å². The SMILES string of the molecule is Cc1c[nH+]cc(Oc2ccc(CS(=O)[O-])c3c2C(F)C(F)(F)C3O)c1. The fraction of sp³-hybridized carbons (Fsp3) is 0.312. The third-order valence-electron chi connectivity index (χ3n) is 3.97. The third-order valence-corrected chi connectivity index (χ3v) is 4.52. The zero-order valence-electron chi connectivity index (χ0n) is 13.0. The fourth-order valence-electron chi connectivity index (χ4n) is 2.86. The number of aliphatic hydroxyl groups excluding tert-OH is 1.